The van der Waals surface area contributed by atoms with Crippen molar-refractivity contribution in [3.05, 3.63) is 44.7 Å². The second-order valence-electron chi connectivity index (χ2n) is 4.38. The molecule has 0 bridgehead atoms. The standard InChI is InChI=1S/C14H13BrClFO/c15-11-8-7-10(13(17)12(11)16)14(18)9-5-3-1-2-4-6-9/h5,7-8H,1-4,6H2. The normalized spacial score (nSPS) is 16.1. The van der Waals surface area contributed by atoms with E-state index in [-0.39, 0.29) is 16.4 Å². The van der Waals surface area contributed by atoms with Gasteiger partial charge in [0.25, 0.3) is 0 Å². The maximum Gasteiger partial charge on any atom is 0.191 e. The van der Waals surface area contributed by atoms with E-state index in [0.717, 1.165) is 32.1 Å². The summed E-state index contributed by atoms with van der Waals surface area (Å²) in [6.07, 6.45) is 6.77. The third-order valence-electron chi connectivity index (χ3n) is 3.11. The van der Waals surface area contributed by atoms with Crippen LogP contribution in [0.25, 0.3) is 0 Å². The van der Waals surface area contributed by atoms with Gasteiger partial charge in [-0.05, 0) is 59.3 Å². The number of benzene rings is 1. The first-order valence-electron chi connectivity index (χ1n) is 5.98. The lowest BCUT2D eigenvalue weighted by Crippen LogP contribution is -2.06. The fourth-order valence-corrected chi connectivity index (χ4v) is 2.57. The van der Waals surface area contributed by atoms with E-state index in [2.05, 4.69) is 15.9 Å². The summed E-state index contributed by atoms with van der Waals surface area (Å²) in [7, 11) is 0. The minimum atomic E-state index is -0.638. The van der Waals surface area contributed by atoms with Gasteiger partial charge in [0.15, 0.2) is 11.6 Å². The van der Waals surface area contributed by atoms with Crippen LogP contribution in [0, 0.1) is 5.82 Å². The zero-order valence-corrected chi connectivity index (χ0v) is 12.2. The summed E-state index contributed by atoms with van der Waals surface area (Å²) < 4.78 is 14.4. The topological polar surface area (TPSA) is 17.1 Å². The Balaban J connectivity index is 2.34. The van der Waals surface area contributed by atoms with E-state index in [1.54, 1.807) is 6.07 Å². The molecule has 0 aliphatic heterocycles. The lowest BCUT2D eigenvalue weighted by Gasteiger charge is -2.07. The molecule has 1 aromatic rings. The van der Waals surface area contributed by atoms with E-state index in [4.69, 9.17) is 11.6 Å². The smallest absolute Gasteiger partial charge is 0.191 e. The highest BCUT2D eigenvalue weighted by molar-refractivity contribution is 9.10. The molecule has 0 saturated heterocycles. The van der Waals surface area contributed by atoms with Crippen LogP contribution in [0.1, 0.15) is 42.5 Å². The van der Waals surface area contributed by atoms with Gasteiger partial charge >= 0.3 is 0 Å². The molecular weight excluding hydrogens is 319 g/mol. The average molecular weight is 332 g/mol. The number of halogens is 3. The minimum Gasteiger partial charge on any atom is -0.289 e. The van der Waals surface area contributed by atoms with Crippen molar-refractivity contribution in [3.8, 4) is 0 Å². The Morgan fingerprint density at radius 3 is 2.83 bits per heavy atom. The molecule has 2 rings (SSSR count). The maximum absolute atomic E-state index is 14.0. The minimum absolute atomic E-state index is 0.0323. The van der Waals surface area contributed by atoms with Gasteiger partial charge < -0.3 is 0 Å². The number of allylic oxidation sites excluding steroid dienone is 2. The number of carbonyl (C=O) groups excluding carboxylic acids is 1. The van der Waals surface area contributed by atoms with Crippen molar-refractivity contribution in [2.75, 3.05) is 0 Å². The molecule has 1 aliphatic carbocycles. The number of hydrogen-bond acceptors (Lipinski definition) is 1. The Morgan fingerprint density at radius 2 is 2.06 bits per heavy atom. The molecule has 0 amide bonds. The van der Waals surface area contributed by atoms with Crippen LogP contribution < -0.4 is 0 Å². The predicted molar refractivity (Wildman–Crippen MR) is 74.6 cm³/mol. The van der Waals surface area contributed by atoms with Crippen LogP contribution >= 0.6 is 27.5 Å². The molecule has 0 aromatic heterocycles. The number of Topliss-reactive ketones (excluding diaryl/α,β-unsaturated/α-hetero) is 1. The molecule has 96 valence electrons. The van der Waals surface area contributed by atoms with Crippen molar-refractivity contribution >= 4 is 33.3 Å². The fraction of sp³-hybridized carbons (Fsp3) is 0.357. The molecule has 1 aliphatic rings. The molecule has 0 saturated carbocycles. The van der Waals surface area contributed by atoms with Crippen molar-refractivity contribution in [2.45, 2.75) is 32.1 Å². The third kappa shape index (κ3) is 2.83. The summed E-state index contributed by atoms with van der Waals surface area (Å²) >= 11 is 8.94. The van der Waals surface area contributed by atoms with Gasteiger partial charge in [-0.3, -0.25) is 4.79 Å². The summed E-state index contributed by atoms with van der Waals surface area (Å²) in [4.78, 5) is 12.3. The highest BCUT2D eigenvalue weighted by atomic mass is 79.9. The van der Waals surface area contributed by atoms with E-state index in [0.29, 0.717) is 10.0 Å². The molecule has 0 unspecified atom stereocenters. The van der Waals surface area contributed by atoms with Crippen molar-refractivity contribution in [3.63, 3.8) is 0 Å². The summed E-state index contributed by atoms with van der Waals surface area (Å²) in [6, 6.07) is 3.09. The fourth-order valence-electron chi connectivity index (χ4n) is 2.10. The lowest BCUT2D eigenvalue weighted by molar-refractivity contribution is 0.102. The van der Waals surface area contributed by atoms with Crippen molar-refractivity contribution < 1.29 is 9.18 Å². The SMILES string of the molecule is O=C(C1=CCCCCC1)c1ccc(Br)c(Cl)c1F. The highest BCUT2D eigenvalue weighted by Crippen LogP contribution is 2.30. The highest BCUT2D eigenvalue weighted by Gasteiger charge is 2.20. The van der Waals surface area contributed by atoms with Crippen LogP contribution in [0.2, 0.25) is 5.02 Å². The summed E-state index contributed by atoms with van der Waals surface area (Å²) in [6.45, 7) is 0. The molecule has 18 heavy (non-hydrogen) atoms. The van der Waals surface area contributed by atoms with Crippen molar-refractivity contribution in [1.82, 2.24) is 0 Å². The first-order chi connectivity index (χ1) is 8.61. The van der Waals surface area contributed by atoms with E-state index in [1.165, 1.54) is 6.07 Å². The number of hydrogen-bond donors (Lipinski definition) is 0. The molecule has 0 heterocycles. The average Bonchev–Trinajstić information content (AvgIpc) is 2.64. The Labute approximate surface area is 119 Å². The first-order valence-corrected chi connectivity index (χ1v) is 7.15. The summed E-state index contributed by atoms with van der Waals surface area (Å²) in [5.74, 6) is -0.870. The van der Waals surface area contributed by atoms with E-state index < -0.39 is 5.82 Å². The van der Waals surface area contributed by atoms with Crippen LogP contribution in [-0.2, 0) is 0 Å². The number of rotatable bonds is 2. The van der Waals surface area contributed by atoms with Crippen LogP contribution in [0.15, 0.2) is 28.3 Å². The zero-order valence-electron chi connectivity index (χ0n) is 9.81. The number of ketones is 1. The van der Waals surface area contributed by atoms with Gasteiger partial charge in [-0.15, -0.1) is 0 Å². The van der Waals surface area contributed by atoms with Gasteiger partial charge in [0.05, 0.1) is 10.6 Å². The molecule has 0 N–H and O–H groups in total. The largest absolute Gasteiger partial charge is 0.289 e. The molecule has 1 aromatic carbocycles. The Morgan fingerprint density at radius 1 is 1.28 bits per heavy atom. The van der Waals surface area contributed by atoms with Crippen LogP contribution in [0.3, 0.4) is 0 Å². The molecule has 0 fully saturated rings. The number of carbonyl (C=O) groups is 1. The predicted octanol–water partition coefficient (Wildman–Crippen LogP) is 5.31. The van der Waals surface area contributed by atoms with Crippen molar-refractivity contribution in [2.24, 2.45) is 0 Å². The Kier molecular flexibility index (Phi) is 4.57. The summed E-state index contributed by atoms with van der Waals surface area (Å²) in [5.41, 5.74) is 0.779. The van der Waals surface area contributed by atoms with Crippen LogP contribution in [0.4, 0.5) is 4.39 Å². The van der Waals surface area contributed by atoms with Gasteiger partial charge in [0.2, 0.25) is 0 Å². The monoisotopic (exact) mass is 330 g/mol. The quantitative estimate of drug-likeness (QED) is 0.530. The van der Waals surface area contributed by atoms with Gasteiger partial charge in [0, 0.05) is 4.47 Å². The second-order valence-corrected chi connectivity index (χ2v) is 5.61. The Bertz CT molecular complexity index is 511. The Hall–Kier alpha value is -0.670. The van der Waals surface area contributed by atoms with Gasteiger partial charge in [-0.1, -0.05) is 24.1 Å². The molecule has 0 atom stereocenters. The van der Waals surface area contributed by atoms with E-state index in [9.17, 15) is 9.18 Å². The first kappa shape index (κ1) is 13.8. The van der Waals surface area contributed by atoms with Crippen LogP contribution in [-0.4, -0.2) is 5.78 Å². The molecule has 0 spiro atoms. The maximum atomic E-state index is 14.0. The molecule has 4 heteroatoms. The van der Waals surface area contributed by atoms with Gasteiger partial charge in [-0.2, -0.15) is 0 Å². The third-order valence-corrected chi connectivity index (χ3v) is 4.37. The molecular formula is C14H13BrClFO. The van der Waals surface area contributed by atoms with Gasteiger partial charge in [-0.25, -0.2) is 4.39 Å². The molecule has 1 nitrogen and oxygen atoms in total. The summed E-state index contributed by atoms with van der Waals surface area (Å²) in [5, 5.41) is -0.0323. The lowest BCUT2D eigenvalue weighted by atomic mass is 9.99. The van der Waals surface area contributed by atoms with E-state index in [1.807, 2.05) is 6.08 Å². The van der Waals surface area contributed by atoms with E-state index >= 15 is 0 Å². The van der Waals surface area contributed by atoms with Crippen molar-refractivity contribution in [1.29, 1.82) is 0 Å². The zero-order chi connectivity index (χ0) is 13.1. The molecule has 0 radical (unpaired) electrons. The van der Waals surface area contributed by atoms with Crippen LogP contribution in [0.5, 0.6) is 0 Å². The second kappa shape index (κ2) is 5.98. The van der Waals surface area contributed by atoms with Gasteiger partial charge in [0.1, 0.15) is 0 Å².